The van der Waals surface area contributed by atoms with Crippen LogP contribution in [0, 0.1) is 0 Å². The van der Waals surface area contributed by atoms with E-state index in [4.69, 9.17) is 11.6 Å². The van der Waals surface area contributed by atoms with Crippen LogP contribution in [0.25, 0.3) is 0 Å². The molecule has 0 saturated carbocycles. The molecular formula is C9H8BrClF3NO. The number of benzene rings is 1. The average molecular weight is 319 g/mol. The summed E-state index contributed by atoms with van der Waals surface area (Å²) in [7, 11) is 0. The first-order valence-corrected chi connectivity index (χ1v) is 5.45. The molecule has 0 fully saturated rings. The first-order chi connectivity index (χ1) is 7.38. The number of ether oxygens (including phenoxy) is 1. The van der Waals surface area contributed by atoms with Crippen molar-refractivity contribution in [3.8, 4) is 0 Å². The third kappa shape index (κ3) is 5.05. The molecule has 0 spiro atoms. The fraction of sp³-hybridized carbons (Fsp3) is 0.333. The zero-order valence-electron chi connectivity index (χ0n) is 7.94. The van der Waals surface area contributed by atoms with Crippen LogP contribution in [0.1, 0.15) is 0 Å². The molecule has 0 aliphatic carbocycles. The molecule has 0 heterocycles. The van der Waals surface area contributed by atoms with E-state index in [1.54, 1.807) is 18.2 Å². The Balaban J connectivity index is 2.40. The van der Waals surface area contributed by atoms with Crippen molar-refractivity contribution in [1.82, 2.24) is 0 Å². The van der Waals surface area contributed by atoms with Crippen LogP contribution >= 0.6 is 27.5 Å². The van der Waals surface area contributed by atoms with Crippen molar-refractivity contribution >= 4 is 33.2 Å². The van der Waals surface area contributed by atoms with E-state index < -0.39 is 13.0 Å². The normalized spacial score (nSPS) is 11.6. The van der Waals surface area contributed by atoms with Crippen molar-refractivity contribution in [2.24, 2.45) is 0 Å². The first-order valence-electron chi connectivity index (χ1n) is 4.28. The van der Waals surface area contributed by atoms with Gasteiger partial charge in [-0.1, -0.05) is 11.6 Å². The lowest BCUT2D eigenvalue weighted by atomic mass is 10.3. The molecule has 0 aromatic heterocycles. The highest BCUT2D eigenvalue weighted by atomic mass is 79.9. The van der Waals surface area contributed by atoms with E-state index in [1.165, 1.54) is 0 Å². The predicted octanol–water partition coefficient (Wildman–Crippen LogP) is 4.05. The Morgan fingerprint density at radius 1 is 1.38 bits per heavy atom. The van der Waals surface area contributed by atoms with Crippen molar-refractivity contribution in [2.75, 3.05) is 18.5 Å². The van der Waals surface area contributed by atoms with Crippen molar-refractivity contribution in [1.29, 1.82) is 0 Å². The van der Waals surface area contributed by atoms with Gasteiger partial charge in [0.25, 0.3) is 0 Å². The maximum atomic E-state index is 11.6. The van der Waals surface area contributed by atoms with E-state index in [2.05, 4.69) is 26.0 Å². The fourth-order valence-corrected chi connectivity index (χ4v) is 1.54. The van der Waals surface area contributed by atoms with Crippen LogP contribution < -0.4 is 5.32 Å². The molecule has 0 atom stereocenters. The Morgan fingerprint density at radius 3 is 2.69 bits per heavy atom. The van der Waals surface area contributed by atoms with Gasteiger partial charge in [0, 0.05) is 21.7 Å². The van der Waals surface area contributed by atoms with Gasteiger partial charge in [-0.2, -0.15) is 0 Å². The lowest BCUT2D eigenvalue weighted by Crippen LogP contribution is -2.19. The standard InChI is InChI=1S/C9H8BrClF3NO/c10-7-2-1-6(11)5-8(7)15-3-4-16-9(12,13)14/h1-2,5,15H,3-4H2. The Bertz CT molecular complexity index is 359. The molecular weight excluding hydrogens is 310 g/mol. The minimum absolute atomic E-state index is 0.0401. The second kappa shape index (κ2) is 5.75. The molecule has 0 aliphatic heterocycles. The summed E-state index contributed by atoms with van der Waals surface area (Å²) in [5, 5.41) is 3.27. The highest BCUT2D eigenvalue weighted by molar-refractivity contribution is 9.10. The summed E-state index contributed by atoms with van der Waals surface area (Å²) in [6.07, 6.45) is -4.59. The number of alkyl halides is 3. The molecule has 1 aromatic carbocycles. The Labute approximate surface area is 104 Å². The fourth-order valence-electron chi connectivity index (χ4n) is 0.985. The van der Waals surface area contributed by atoms with Crippen molar-refractivity contribution < 1.29 is 17.9 Å². The van der Waals surface area contributed by atoms with Gasteiger partial charge in [0.2, 0.25) is 0 Å². The summed E-state index contributed by atoms with van der Waals surface area (Å²) in [4.78, 5) is 0. The predicted molar refractivity (Wildman–Crippen MR) is 59.6 cm³/mol. The topological polar surface area (TPSA) is 21.3 Å². The van der Waals surface area contributed by atoms with Crippen LogP contribution in [0.5, 0.6) is 0 Å². The average Bonchev–Trinajstić information content (AvgIpc) is 2.16. The minimum atomic E-state index is -4.59. The van der Waals surface area contributed by atoms with Gasteiger partial charge in [-0.3, -0.25) is 4.74 Å². The van der Waals surface area contributed by atoms with Crippen molar-refractivity contribution in [2.45, 2.75) is 6.36 Å². The van der Waals surface area contributed by atoms with E-state index >= 15 is 0 Å². The second-order valence-corrected chi connectivity index (χ2v) is 4.14. The van der Waals surface area contributed by atoms with Crippen molar-refractivity contribution in [3.05, 3.63) is 27.7 Å². The van der Waals surface area contributed by atoms with Crippen LogP contribution in [0.3, 0.4) is 0 Å². The molecule has 7 heteroatoms. The van der Waals surface area contributed by atoms with Gasteiger partial charge in [-0.15, -0.1) is 13.2 Å². The summed E-state index contributed by atoms with van der Waals surface area (Å²) >= 11 is 8.97. The second-order valence-electron chi connectivity index (χ2n) is 2.85. The van der Waals surface area contributed by atoms with E-state index in [1.807, 2.05) is 0 Å². The maximum Gasteiger partial charge on any atom is 0.522 e. The van der Waals surface area contributed by atoms with Gasteiger partial charge in [0.1, 0.15) is 0 Å². The number of hydrogen-bond donors (Lipinski definition) is 1. The van der Waals surface area contributed by atoms with Crippen LogP contribution in [0.15, 0.2) is 22.7 Å². The van der Waals surface area contributed by atoms with E-state index in [0.717, 1.165) is 4.47 Å². The molecule has 0 aliphatic rings. The molecule has 1 aromatic rings. The number of hydrogen-bond acceptors (Lipinski definition) is 2. The Morgan fingerprint density at radius 2 is 2.06 bits per heavy atom. The third-order valence-electron chi connectivity index (χ3n) is 1.61. The summed E-state index contributed by atoms with van der Waals surface area (Å²) in [5.41, 5.74) is 0.623. The Hall–Kier alpha value is -0.460. The highest BCUT2D eigenvalue weighted by Gasteiger charge is 2.28. The van der Waals surface area contributed by atoms with Crippen LogP contribution in [0.4, 0.5) is 18.9 Å². The lowest BCUT2D eigenvalue weighted by molar-refractivity contribution is -0.322. The molecule has 0 unspecified atom stereocenters. The molecule has 2 nitrogen and oxygen atoms in total. The zero-order chi connectivity index (χ0) is 12.2. The SMILES string of the molecule is FC(F)(F)OCCNc1cc(Cl)ccc1Br. The summed E-state index contributed by atoms with van der Waals surface area (Å²) < 4.78 is 39.3. The maximum absolute atomic E-state index is 11.6. The molecule has 0 bridgehead atoms. The van der Waals surface area contributed by atoms with Gasteiger partial charge in [0.05, 0.1) is 6.61 Å². The molecule has 0 radical (unpaired) electrons. The molecule has 1 rings (SSSR count). The number of nitrogens with one attached hydrogen (secondary N) is 1. The van der Waals surface area contributed by atoms with Crippen LogP contribution in [-0.2, 0) is 4.74 Å². The number of anilines is 1. The smallest absolute Gasteiger partial charge is 0.382 e. The monoisotopic (exact) mass is 317 g/mol. The molecule has 0 saturated heterocycles. The third-order valence-corrected chi connectivity index (χ3v) is 2.54. The van der Waals surface area contributed by atoms with E-state index in [9.17, 15) is 13.2 Å². The minimum Gasteiger partial charge on any atom is -0.382 e. The van der Waals surface area contributed by atoms with Crippen LogP contribution in [0.2, 0.25) is 5.02 Å². The molecule has 1 N–H and O–H groups in total. The number of rotatable bonds is 4. The quantitative estimate of drug-likeness (QED) is 0.846. The summed E-state index contributed by atoms with van der Waals surface area (Å²) in [6, 6.07) is 4.98. The molecule has 90 valence electrons. The van der Waals surface area contributed by atoms with Gasteiger partial charge < -0.3 is 5.32 Å². The summed E-state index contributed by atoms with van der Waals surface area (Å²) in [6.45, 7) is -0.416. The van der Waals surface area contributed by atoms with Gasteiger partial charge in [-0.25, -0.2) is 0 Å². The van der Waals surface area contributed by atoms with Gasteiger partial charge in [0.15, 0.2) is 0 Å². The van der Waals surface area contributed by atoms with E-state index in [0.29, 0.717) is 10.7 Å². The number of halogens is 5. The van der Waals surface area contributed by atoms with Gasteiger partial charge >= 0.3 is 6.36 Å². The molecule has 0 amide bonds. The van der Waals surface area contributed by atoms with Crippen molar-refractivity contribution in [3.63, 3.8) is 0 Å². The summed E-state index contributed by atoms with van der Waals surface area (Å²) in [5.74, 6) is 0. The van der Waals surface area contributed by atoms with E-state index in [-0.39, 0.29) is 6.54 Å². The highest BCUT2D eigenvalue weighted by Crippen LogP contribution is 2.25. The van der Waals surface area contributed by atoms with Crippen LogP contribution in [-0.4, -0.2) is 19.5 Å². The zero-order valence-corrected chi connectivity index (χ0v) is 10.3. The van der Waals surface area contributed by atoms with Gasteiger partial charge in [-0.05, 0) is 34.1 Å². The first kappa shape index (κ1) is 13.6. The Kier molecular flexibility index (Phi) is 4.89. The lowest BCUT2D eigenvalue weighted by Gasteiger charge is -2.10. The largest absolute Gasteiger partial charge is 0.522 e. The molecule has 16 heavy (non-hydrogen) atoms.